The zero-order valence-corrected chi connectivity index (χ0v) is 8.44. The van der Waals surface area contributed by atoms with Crippen molar-refractivity contribution in [2.45, 2.75) is 4.90 Å². The Hall–Kier alpha value is -0.610. The highest BCUT2D eigenvalue weighted by Crippen LogP contribution is 2.32. The van der Waals surface area contributed by atoms with Crippen molar-refractivity contribution < 1.29 is 8.78 Å². The number of halogens is 2. The molecule has 68 valence electrons. The fourth-order valence-corrected chi connectivity index (χ4v) is 2.60. The van der Waals surface area contributed by atoms with Crippen molar-refractivity contribution in [3.8, 4) is 0 Å². The lowest BCUT2D eigenvalue weighted by atomic mass is 10.2. The van der Waals surface area contributed by atoms with Crippen LogP contribution < -0.4 is 0 Å². The number of thioether (sulfide) groups is 1. The maximum absolute atomic E-state index is 13.5. The molecule has 0 nitrogen and oxygen atoms in total. The molecule has 1 heterocycles. The first-order chi connectivity index (χ1) is 6.24. The second-order valence-electron chi connectivity index (χ2n) is 2.54. The Balaban J connectivity index is 2.85. The molecule has 0 aliphatic heterocycles. The zero-order valence-electron chi connectivity index (χ0n) is 6.80. The number of rotatable bonds is 1. The van der Waals surface area contributed by atoms with Gasteiger partial charge in [-0.15, -0.1) is 23.1 Å². The molecule has 1 aromatic carbocycles. The Bertz CT molecular complexity index is 448. The van der Waals surface area contributed by atoms with Gasteiger partial charge in [0, 0.05) is 10.3 Å². The quantitative estimate of drug-likeness (QED) is 0.651. The highest BCUT2D eigenvalue weighted by molar-refractivity contribution is 7.98. The molecule has 0 N–H and O–H groups in total. The zero-order chi connectivity index (χ0) is 9.42. The maximum atomic E-state index is 13.5. The van der Waals surface area contributed by atoms with Gasteiger partial charge < -0.3 is 0 Å². The average molecular weight is 216 g/mol. The van der Waals surface area contributed by atoms with Gasteiger partial charge in [-0.3, -0.25) is 0 Å². The molecule has 2 rings (SSSR count). The Labute approximate surface area is 82.6 Å². The van der Waals surface area contributed by atoms with Gasteiger partial charge >= 0.3 is 0 Å². The number of thiophene rings is 1. The molecular weight excluding hydrogens is 210 g/mol. The van der Waals surface area contributed by atoms with Crippen LogP contribution in [0.25, 0.3) is 10.1 Å². The Morgan fingerprint density at radius 3 is 2.85 bits per heavy atom. The number of hydrogen-bond acceptors (Lipinski definition) is 2. The van der Waals surface area contributed by atoms with Gasteiger partial charge in [0.15, 0.2) is 5.82 Å². The lowest BCUT2D eigenvalue weighted by molar-refractivity contribution is 0.597. The minimum absolute atomic E-state index is 0.307. The van der Waals surface area contributed by atoms with Gasteiger partial charge in [0.1, 0.15) is 5.82 Å². The first kappa shape index (κ1) is 8.97. The molecule has 0 saturated carbocycles. The fourth-order valence-electron chi connectivity index (χ4n) is 1.18. The Morgan fingerprint density at radius 2 is 2.15 bits per heavy atom. The van der Waals surface area contributed by atoms with Crippen molar-refractivity contribution in [1.29, 1.82) is 0 Å². The maximum Gasteiger partial charge on any atom is 0.154 e. The molecule has 0 saturated heterocycles. The number of benzene rings is 1. The van der Waals surface area contributed by atoms with E-state index in [4.69, 9.17) is 0 Å². The summed E-state index contributed by atoms with van der Waals surface area (Å²) in [5, 5.41) is 2.07. The van der Waals surface area contributed by atoms with Gasteiger partial charge in [0.05, 0.1) is 4.70 Å². The molecule has 0 unspecified atom stereocenters. The smallest absolute Gasteiger partial charge is 0.154 e. The van der Waals surface area contributed by atoms with Crippen LogP contribution in [-0.4, -0.2) is 6.26 Å². The number of fused-ring (bicyclic) bond motifs is 1. The molecule has 0 aliphatic carbocycles. The van der Waals surface area contributed by atoms with E-state index in [0.717, 1.165) is 0 Å². The molecule has 4 heteroatoms. The van der Waals surface area contributed by atoms with E-state index >= 15 is 0 Å². The second-order valence-corrected chi connectivity index (χ2v) is 4.30. The third-order valence-corrected chi connectivity index (χ3v) is 3.46. The summed E-state index contributed by atoms with van der Waals surface area (Å²) in [6.07, 6.45) is 1.73. The van der Waals surface area contributed by atoms with E-state index in [9.17, 15) is 8.78 Å². The molecule has 0 atom stereocenters. The lowest BCUT2D eigenvalue weighted by Gasteiger charge is -2.00. The van der Waals surface area contributed by atoms with Gasteiger partial charge in [-0.2, -0.15) is 0 Å². The van der Waals surface area contributed by atoms with Crippen molar-refractivity contribution in [2.24, 2.45) is 0 Å². The Morgan fingerprint density at radius 1 is 1.38 bits per heavy atom. The monoisotopic (exact) mass is 216 g/mol. The summed E-state index contributed by atoms with van der Waals surface area (Å²) < 4.78 is 27.2. The van der Waals surface area contributed by atoms with Crippen LogP contribution in [0.2, 0.25) is 0 Å². The molecule has 1 aromatic heterocycles. The normalized spacial score (nSPS) is 11.0. The van der Waals surface area contributed by atoms with E-state index in [0.29, 0.717) is 15.0 Å². The predicted octanol–water partition coefficient (Wildman–Crippen LogP) is 3.90. The predicted molar refractivity (Wildman–Crippen MR) is 53.5 cm³/mol. The third kappa shape index (κ3) is 1.34. The second kappa shape index (κ2) is 3.27. The van der Waals surface area contributed by atoms with Crippen LogP contribution in [0.4, 0.5) is 8.78 Å². The molecule has 0 amide bonds. The average Bonchev–Trinajstić information content (AvgIpc) is 2.60. The first-order valence-electron chi connectivity index (χ1n) is 3.63. The van der Waals surface area contributed by atoms with E-state index < -0.39 is 0 Å². The van der Waals surface area contributed by atoms with Crippen LogP contribution in [0.5, 0.6) is 0 Å². The first-order valence-corrected chi connectivity index (χ1v) is 5.73. The van der Waals surface area contributed by atoms with Crippen molar-refractivity contribution in [2.75, 3.05) is 6.26 Å². The summed E-state index contributed by atoms with van der Waals surface area (Å²) in [6, 6.07) is 2.84. The molecule has 2 aromatic rings. The summed E-state index contributed by atoms with van der Waals surface area (Å²) in [7, 11) is 0. The minimum Gasteiger partial charge on any atom is -0.206 e. The topological polar surface area (TPSA) is 0 Å². The molecule has 0 aliphatic rings. The van der Waals surface area contributed by atoms with Crippen LogP contribution in [0.15, 0.2) is 22.4 Å². The lowest BCUT2D eigenvalue weighted by Crippen LogP contribution is -1.84. The van der Waals surface area contributed by atoms with Crippen LogP contribution in [-0.2, 0) is 0 Å². The van der Waals surface area contributed by atoms with Gasteiger partial charge in [-0.05, 0) is 23.8 Å². The third-order valence-electron chi connectivity index (χ3n) is 1.82. The molecule has 13 heavy (non-hydrogen) atoms. The highest BCUT2D eigenvalue weighted by Gasteiger charge is 2.12. The molecular formula is C9H6F2S2. The summed E-state index contributed by atoms with van der Waals surface area (Å²) in [5.74, 6) is -0.652. The molecule has 0 radical (unpaired) electrons. The summed E-state index contributed by atoms with van der Waals surface area (Å²) in [5.41, 5.74) is 0. The SMILES string of the molecule is CSc1cc(F)c2ccsc2c1F. The summed E-state index contributed by atoms with van der Waals surface area (Å²) in [6.45, 7) is 0. The van der Waals surface area contributed by atoms with Gasteiger partial charge in [0.25, 0.3) is 0 Å². The van der Waals surface area contributed by atoms with Crippen LogP contribution >= 0.6 is 23.1 Å². The van der Waals surface area contributed by atoms with E-state index in [1.807, 2.05) is 0 Å². The van der Waals surface area contributed by atoms with Crippen molar-refractivity contribution in [1.82, 2.24) is 0 Å². The van der Waals surface area contributed by atoms with Crippen LogP contribution in [0, 0.1) is 11.6 Å². The Kier molecular flexibility index (Phi) is 2.26. The van der Waals surface area contributed by atoms with Gasteiger partial charge in [-0.25, -0.2) is 8.78 Å². The van der Waals surface area contributed by atoms with Gasteiger partial charge in [-0.1, -0.05) is 0 Å². The standard InChI is InChI=1S/C9H6F2S2/c1-12-7-4-6(10)5-2-3-13-9(5)8(7)11/h2-4H,1H3. The van der Waals surface area contributed by atoms with E-state index in [2.05, 4.69) is 0 Å². The van der Waals surface area contributed by atoms with Gasteiger partial charge in [0.2, 0.25) is 0 Å². The molecule has 0 fully saturated rings. The van der Waals surface area contributed by atoms with E-state index in [1.54, 1.807) is 17.7 Å². The summed E-state index contributed by atoms with van der Waals surface area (Å²) >= 11 is 2.45. The van der Waals surface area contributed by atoms with Crippen molar-refractivity contribution in [3.63, 3.8) is 0 Å². The van der Waals surface area contributed by atoms with Crippen molar-refractivity contribution in [3.05, 3.63) is 29.1 Å². The van der Waals surface area contributed by atoms with Crippen LogP contribution in [0.3, 0.4) is 0 Å². The fraction of sp³-hybridized carbons (Fsp3) is 0.111. The van der Waals surface area contributed by atoms with Crippen molar-refractivity contribution >= 4 is 33.2 Å². The summed E-state index contributed by atoms with van der Waals surface area (Å²) in [4.78, 5) is 0.368. The highest BCUT2D eigenvalue weighted by atomic mass is 32.2. The van der Waals surface area contributed by atoms with E-state index in [1.165, 1.54) is 29.2 Å². The molecule has 0 bridgehead atoms. The molecule has 0 spiro atoms. The van der Waals surface area contributed by atoms with E-state index in [-0.39, 0.29) is 11.6 Å². The van der Waals surface area contributed by atoms with Crippen LogP contribution in [0.1, 0.15) is 0 Å². The largest absolute Gasteiger partial charge is 0.206 e. The minimum atomic E-state index is -0.345. The number of hydrogen-bond donors (Lipinski definition) is 0.